The molecule has 2 unspecified atom stereocenters. The Labute approximate surface area is 114 Å². The summed E-state index contributed by atoms with van der Waals surface area (Å²) in [7, 11) is 0. The second-order valence-electron chi connectivity index (χ2n) is 5.21. The second kappa shape index (κ2) is 7.99. The fourth-order valence-corrected chi connectivity index (χ4v) is 2.41. The van der Waals surface area contributed by atoms with E-state index in [1.807, 2.05) is 0 Å². The van der Waals surface area contributed by atoms with Crippen LogP contribution in [-0.4, -0.2) is 42.5 Å². The Morgan fingerprint density at radius 3 is 2.79 bits per heavy atom. The van der Waals surface area contributed by atoms with Crippen LogP contribution in [0.25, 0.3) is 0 Å². The Morgan fingerprint density at radius 2 is 2.21 bits per heavy atom. The van der Waals surface area contributed by atoms with E-state index in [9.17, 15) is 9.59 Å². The molecule has 2 atom stereocenters. The number of carbonyl (C=O) groups is 2. The molecule has 0 aromatic heterocycles. The van der Waals surface area contributed by atoms with Gasteiger partial charge in [-0.25, -0.2) is 4.79 Å². The monoisotopic (exact) mass is 270 g/mol. The van der Waals surface area contributed by atoms with Crippen LogP contribution in [0, 0.1) is 5.92 Å². The first-order valence-corrected chi connectivity index (χ1v) is 7.13. The van der Waals surface area contributed by atoms with E-state index in [4.69, 9.17) is 11.5 Å². The van der Waals surface area contributed by atoms with Crippen LogP contribution in [0.1, 0.15) is 39.0 Å². The van der Waals surface area contributed by atoms with Crippen molar-refractivity contribution in [2.75, 3.05) is 19.6 Å². The Balaban J connectivity index is 2.45. The fourth-order valence-electron chi connectivity index (χ4n) is 2.41. The molecule has 0 spiro atoms. The number of hydrogen-bond acceptors (Lipinski definition) is 3. The van der Waals surface area contributed by atoms with Gasteiger partial charge in [-0.15, -0.1) is 0 Å². The summed E-state index contributed by atoms with van der Waals surface area (Å²) in [6, 6.07) is -0.407. The molecule has 1 fully saturated rings. The molecular weight excluding hydrogens is 244 g/mol. The first-order valence-electron chi connectivity index (χ1n) is 7.13. The highest BCUT2D eigenvalue weighted by Crippen LogP contribution is 2.16. The Bertz CT molecular complexity index is 309. The number of carbonyl (C=O) groups excluding carboxylic acids is 2. The molecule has 0 aliphatic carbocycles. The van der Waals surface area contributed by atoms with Gasteiger partial charge in [0, 0.05) is 25.7 Å². The van der Waals surface area contributed by atoms with Crippen molar-refractivity contribution in [3.63, 3.8) is 0 Å². The van der Waals surface area contributed by atoms with Crippen LogP contribution >= 0.6 is 0 Å². The van der Waals surface area contributed by atoms with Crippen LogP contribution in [0.3, 0.4) is 0 Å². The number of nitrogens with two attached hydrogens (primary N) is 2. The van der Waals surface area contributed by atoms with Gasteiger partial charge in [0.25, 0.3) is 0 Å². The lowest BCUT2D eigenvalue weighted by Crippen LogP contribution is -2.50. The Morgan fingerprint density at radius 1 is 1.47 bits per heavy atom. The van der Waals surface area contributed by atoms with E-state index < -0.39 is 6.03 Å². The summed E-state index contributed by atoms with van der Waals surface area (Å²) < 4.78 is 0. The van der Waals surface area contributed by atoms with E-state index >= 15 is 0 Å². The molecule has 1 rings (SSSR count). The molecule has 1 saturated heterocycles. The maximum Gasteiger partial charge on any atom is 0.314 e. The topological polar surface area (TPSA) is 101 Å². The molecule has 1 aliphatic rings. The van der Waals surface area contributed by atoms with Crippen molar-refractivity contribution in [3.8, 4) is 0 Å². The molecule has 5 N–H and O–H groups in total. The summed E-state index contributed by atoms with van der Waals surface area (Å²) >= 11 is 0. The van der Waals surface area contributed by atoms with Gasteiger partial charge in [-0.3, -0.25) is 4.79 Å². The van der Waals surface area contributed by atoms with Gasteiger partial charge < -0.3 is 21.7 Å². The Hall–Kier alpha value is -1.30. The number of nitrogens with zero attached hydrogens (tertiary/aromatic N) is 1. The van der Waals surface area contributed by atoms with Gasteiger partial charge in [0.05, 0.1) is 5.92 Å². The third-order valence-corrected chi connectivity index (χ3v) is 3.64. The molecule has 0 aromatic carbocycles. The minimum Gasteiger partial charge on any atom is -0.352 e. The van der Waals surface area contributed by atoms with Crippen molar-refractivity contribution in [3.05, 3.63) is 0 Å². The van der Waals surface area contributed by atoms with E-state index in [-0.39, 0.29) is 17.9 Å². The lowest BCUT2D eigenvalue weighted by molar-refractivity contribution is -0.127. The predicted molar refractivity (Wildman–Crippen MR) is 74.4 cm³/mol. The number of primary amides is 1. The smallest absolute Gasteiger partial charge is 0.314 e. The highest BCUT2D eigenvalue weighted by Gasteiger charge is 2.28. The number of unbranched alkanes of at least 4 members (excludes halogenated alkanes) is 1. The lowest BCUT2D eigenvalue weighted by Gasteiger charge is -2.31. The summed E-state index contributed by atoms with van der Waals surface area (Å²) in [5.74, 6) is -0.158. The first kappa shape index (κ1) is 15.8. The van der Waals surface area contributed by atoms with Gasteiger partial charge in [0.15, 0.2) is 0 Å². The number of likely N-dealkylation sites (tertiary alicyclic amines) is 1. The van der Waals surface area contributed by atoms with Gasteiger partial charge in [0.1, 0.15) is 0 Å². The number of piperidine rings is 1. The Kier molecular flexibility index (Phi) is 6.62. The minimum absolute atomic E-state index is 0.00231. The van der Waals surface area contributed by atoms with Gasteiger partial charge in [-0.05, 0) is 19.3 Å². The quantitative estimate of drug-likeness (QED) is 0.651. The average Bonchev–Trinajstić information content (AvgIpc) is 2.43. The van der Waals surface area contributed by atoms with Crippen molar-refractivity contribution in [1.29, 1.82) is 0 Å². The predicted octanol–water partition coefficient (Wildman–Crippen LogP) is 0.411. The highest BCUT2D eigenvalue weighted by atomic mass is 16.2. The minimum atomic E-state index is -0.446. The van der Waals surface area contributed by atoms with Gasteiger partial charge in [0.2, 0.25) is 5.91 Å². The lowest BCUT2D eigenvalue weighted by atomic mass is 9.96. The van der Waals surface area contributed by atoms with Crippen LogP contribution < -0.4 is 16.8 Å². The molecule has 6 nitrogen and oxygen atoms in total. The van der Waals surface area contributed by atoms with E-state index in [0.29, 0.717) is 19.6 Å². The van der Waals surface area contributed by atoms with E-state index in [2.05, 4.69) is 12.2 Å². The largest absolute Gasteiger partial charge is 0.352 e. The molecule has 0 bridgehead atoms. The van der Waals surface area contributed by atoms with Gasteiger partial charge in [-0.2, -0.15) is 0 Å². The van der Waals surface area contributed by atoms with Crippen LogP contribution in [0.15, 0.2) is 0 Å². The molecule has 110 valence electrons. The van der Waals surface area contributed by atoms with Crippen molar-refractivity contribution in [2.24, 2.45) is 17.4 Å². The molecule has 19 heavy (non-hydrogen) atoms. The summed E-state index contributed by atoms with van der Waals surface area (Å²) in [5.41, 5.74) is 10.9. The summed E-state index contributed by atoms with van der Waals surface area (Å²) in [5, 5.41) is 2.99. The second-order valence-corrected chi connectivity index (χ2v) is 5.21. The van der Waals surface area contributed by atoms with Crippen molar-refractivity contribution in [2.45, 2.75) is 45.1 Å². The fraction of sp³-hybridized carbons (Fsp3) is 0.846. The number of amides is 3. The maximum atomic E-state index is 12.2. The number of urea groups is 1. The van der Waals surface area contributed by atoms with Crippen LogP contribution in [0.5, 0.6) is 0 Å². The summed E-state index contributed by atoms with van der Waals surface area (Å²) in [4.78, 5) is 24.8. The summed E-state index contributed by atoms with van der Waals surface area (Å²) in [6.45, 7) is 3.64. The molecule has 0 radical (unpaired) electrons. The number of hydrogen-bond donors (Lipinski definition) is 3. The zero-order valence-electron chi connectivity index (χ0n) is 11.7. The van der Waals surface area contributed by atoms with Crippen LogP contribution in [0.2, 0.25) is 0 Å². The third-order valence-electron chi connectivity index (χ3n) is 3.64. The molecule has 0 aromatic rings. The normalized spacial score (nSPS) is 20.9. The van der Waals surface area contributed by atoms with E-state index in [1.165, 1.54) is 4.90 Å². The summed E-state index contributed by atoms with van der Waals surface area (Å²) in [6.07, 6.45) is 4.68. The average molecular weight is 270 g/mol. The standard InChI is InChI=1S/C13H26N4O2/c1-2-3-6-11(8-14)16-12(18)10-5-4-7-17(9-10)13(15)19/h10-11H,2-9,14H2,1H3,(H2,15,19)(H,16,18). The molecule has 1 heterocycles. The van der Waals surface area contributed by atoms with Gasteiger partial charge in [-0.1, -0.05) is 19.8 Å². The maximum absolute atomic E-state index is 12.2. The van der Waals surface area contributed by atoms with E-state index in [0.717, 1.165) is 32.1 Å². The van der Waals surface area contributed by atoms with Crippen molar-refractivity contribution < 1.29 is 9.59 Å². The number of nitrogens with one attached hydrogen (secondary N) is 1. The van der Waals surface area contributed by atoms with Crippen molar-refractivity contribution >= 4 is 11.9 Å². The highest BCUT2D eigenvalue weighted by molar-refractivity contribution is 5.80. The van der Waals surface area contributed by atoms with Crippen LogP contribution in [-0.2, 0) is 4.79 Å². The zero-order valence-corrected chi connectivity index (χ0v) is 11.7. The molecule has 1 aliphatic heterocycles. The SMILES string of the molecule is CCCCC(CN)NC(=O)C1CCCN(C(N)=O)C1. The van der Waals surface area contributed by atoms with Crippen molar-refractivity contribution in [1.82, 2.24) is 10.2 Å². The third kappa shape index (κ3) is 5.06. The molecule has 0 saturated carbocycles. The van der Waals surface area contributed by atoms with Gasteiger partial charge >= 0.3 is 6.03 Å². The van der Waals surface area contributed by atoms with E-state index in [1.54, 1.807) is 0 Å². The molecule has 6 heteroatoms. The molecule has 3 amide bonds. The zero-order chi connectivity index (χ0) is 14.3. The number of rotatable bonds is 6. The molecular formula is C13H26N4O2. The first-order chi connectivity index (χ1) is 9.08. The van der Waals surface area contributed by atoms with Crippen LogP contribution in [0.4, 0.5) is 4.79 Å².